The summed E-state index contributed by atoms with van der Waals surface area (Å²) >= 11 is 3.22. The van der Waals surface area contributed by atoms with Gasteiger partial charge in [-0.05, 0) is 35.0 Å². The van der Waals surface area contributed by atoms with Crippen molar-refractivity contribution >= 4 is 45.2 Å². The molecule has 0 saturated carbocycles. The predicted molar refractivity (Wildman–Crippen MR) is 133 cm³/mol. The smallest absolute Gasteiger partial charge is 0.293 e. The Labute approximate surface area is 216 Å². The molecule has 0 unspecified atom stereocenters. The van der Waals surface area contributed by atoms with E-state index in [1.54, 1.807) is 7.11 Å². The van der Waals surface area contributed by atoms with E-state index in [0.717, 1.165) is 22.6 Å². The second kappa shape index (κ2) is 13.7. The second-order valence-corrected chi connectivity index (χ2v) is 8.28. The van der Waals surface area contributed by atoms with Crippen LogP contribution in [0.4, 0.5) is 5.82 Å². The number of carbonyl (C=O) groups is 2. The Hall–Kier alpha value is -3.29. The van der Waals surface area contributed by atoms with Crippen LogP contribution in [-0.4, -0.2) is 67.1 Å². The highest BCUT2D eigenvalue weighted by molar-refractivity contribution is 9.10. The van der Waals surface area contributed by atoms with Crippen molar-refractivity contribution in [2.75, 3.05) is 45.9 Å². The van der Waals surface area contributed by atoms with Gasteiger partial charge in [-0.1, -0.05) is 0 Å². The fourth-order valence-corrected chi connectivity index (χ4v) is 3.99. The molecule has 0 aliphatic carbocycles. The first-order valence-electron chi connectivity index (χ1n) is 11.4. The zero-order chi connectivity index (χ0) is 25.9. The van der Waals surface area contributed by atoms with Gasteiger partial charge in [0.05, 0.1) is 46.3 Å². The highest BCUT2D eigenvalue weighted by atomic mass is 79.9. The molecule has 1 aromatic carbocycles. The number of aromatic nitrogens is 4. The topological polar surface area (TPSA) is 144 Å². The molecule has 3 rings (SSSR count). The Kier molecular flexibility index (Phi) is 10.4. The number of hydrogen-bond donors (Lipinski definition) is 2. The zero-order valence-electron chi connectivity index (χ0n) is 20.2. The minimum absolute atomic E-state index is 0.0534. The molecular weight excluding hydrogens is 536 g/mol. The number of nitrogens with two attached hydrogens (primary N) is 1. The fraction of sp³-hybridized carbons (Fsp3) is 0.435. The van der Waals surface area contributed by atoms with Gasteiger partial charge in [0.15, 0.2) is 22.5 Å². The maximum absolute atomic E-state index is 12.8. The van der Waals surface area contributed by atoms with Crippen LogP contribution in [-0.2, 0) is 38.6 Å². The average Bonchev–Trinajstić information content (AvgIpc) is 3.19. The molecule has 0 atom stereocenters. The van der Waals surface area contributed by atoms with Gasteiger partial charge in [0.1, 0.15) is 30.0 Å². The van der Waals surface area contributed by atoms with E-state index in [0.29, 0.717) is 50.6 Å². The van der Waals surface area contributed by atoms with Gasteiger partial charge in [0, 0.05) is 6.07 Å². The summed E-state index contributed by atoms with van der Waals surface area (Å²) in [6.45, 7) is 5.63. The monoisotopic (exact) mass is 565 g/mol. The highest BCUT2D eigenvalue weighted by Crippen LogP contribution is 2.21. The molecule has 0 fully saturated rings. The van der Waals surface area contributed by atoms with E-state index < -0.39 is 5.91 Å². The van der Waals surface area contributed by atoms with E-state index in [9.17, 15) is 9.59 Å². The van der Waals surface area contributed by atoms with E-state index in [1.807, 2.05) is 25.1 Å². The van der Waals surface area contributed by atoms with Crippen molar-refractivity contribution in [3.8, 4) is 5.75 Å². The number of halogens is 1. The van der Waals surface area contributed by atoms with Crippen molar-refractivity contribution in [1.29, 1.82) is 0 Å². The first-order chi connectivity index (χ1) is 17.5. The number of ether oxygens (including phenoxy) is 4. The Morgan fingerprint density at radius 3 is 2.69 bits per heavy atom. The Morgan fingerprint density at radius 1 is 1.22 bits per heavy atom. The standard InChI is InChI=1S/C23H29BrN6O6/c1-3-29-18-12-16(33-2)4-5-17(18)30(6-7-34-8-9-35-10-11-36-15-31)20(29)14-27-23(32)21-22(25)26-13-19(24)28-21/h4-5,12-13,15H,3,6-11,14H2,1-2H3,(H2-,25,26,27,32)/p+1. The SMILES string of the molecule is CCn1c(CNC(=O)c2nc(Br)cnc2N)[n+](CCOCCOCCOC=O)c2ccc(OC)cc21. The summed E-state index contributed by atoms with van der Waals surface area (Å²) < 4.78 is 25.7. The minimum Gasteiger partial charge on any atom is -0.497 e. The molecular formula is C23H30BrN6O6+. The van der Waals surface area contributed by atoms with Crippen LogP contribution in [0.5, 0.6) is 5.75 Å². The van der Waals surface area contributed by atoms with E-state index in [2.05, 4.69) is 45.1 Å². The number of methoxy groups -OCH3 is 1. The number of rotatable bonds is 15. The summed E-state index contributed by atoms with van der Waals surface area (Å²) in [7, 11) is 1.63. The zero-order valence-corrected chi connectivity index (χ0v) is 21.8. The number of nitrogens with zero attached hydrogens (tertiary/aromatic N) is 4. The number of amides is 1. The first-order valence-corrected chi connectivity index (χ1v) is 12.1. The van der Waals surface area contributed by atoms with Crippen molar-refractivity contribution < 1.29 is 33.1 Å². The summed E-state index contributed by atoms with van der Waals surface area (Å²) in [4.78, 5) is 31.1. The highest BCUT2D eigenvalue weighted by Gasteiger charge is 2.26. The van der Waals surface area contributed by atoms with Gasteiger partial charge in [-0.3, -0.25) is 9.59 Å². The molecule has 0 aliphatic heterocycles. The molecule has 1 amide bonds. The normalized spacial score (nSPS) is 11.0. The lowest BCUT2D eigenvalue weighted by atomic mass is 10.3. The molecule has 12 nitrogen and oxygen atoms in total. The number of fused-ring (bicyclic) bond motifs is 1. The third-order valence-corrected chi connectivity index (χ3v) is 5.72. The van der Waals surface area contributed by atoms with E-state index in [-0.39, 0.29) is 24.7 Å². The van der Waals surface area contributed by atoms with Crippen LogP contribution >= 0.6 is 15.9 Å². The Balaban J connectivity index is 1.75. The van der Waals surface area contributed by atoms with Gasteiger partial charge < -0.3 is 30.0 Å². The van der Waals surface area contributed by atoms with Crippen molar-refractivity contribution in [3.05, 3.63) is 40.5 Å². The molecule has 0 spiro atoms. The molecule has 0 radical (unpaired) electrons. The van der Waals surface area contributed by atoms with Crippen LogP contribution in [0.3, 0.4) is 0 Å². The third-order valence-electron chi connectivity index (χ3n) is 5.34. The summed E-state index contributed by atoms with van der Waals surface area (Å²) in [5, 5.41) is 2.91. The van der Waals surface area contributed by atoms with E-state index in [4.69, 9.17) is 19.9 Å². The van der Waals surface area contributed by atoms with Crippen molar-refractivity contribution in [3.63, 3.8) is 0 Å². The number of benzene rings is 1. The third kappa shape index (κ3) is 6.89. The number of carbonyl (C=O) groups excluding carboxylic acids is 2. The number of hydrogen-bond acceptors (Lipinski definition) is 9. The molecule has 0 saturated heterocycles. The second-order valence-electron chi connectivity index (χ2n) is 7.47. The fourth-order valence-electron chi connectivity index (χ4n) is 3.71. The Morgan fingerprint density at radius 2 is 1.97 bits per heavy atom. The molecule has 194 valence electrons. The van der Waals surface area contributed by atoms with Crippen LogP contribution in [0.15, 0.2) is 29.0 Å². The van der Waals surface area contributed by atoms with Gasteiger partial charge >= 0.3 is 0 Å². The molecule has 13 heteroatoms. The molecule has 2 heterocycles. The van der Waals surface area contributed by atoms with Crippen LogP contribution in [0.1, 0.15) is 23.2 Å². The van der Waals surface area contributed by atoms with Gasteiger partial charge in [0.25, 0.3) is 18.2 Å². The number of anilines is 1. The molecule has 0 bridgehead atoms. The summed E-state index contributed by atoms with van der Waals surface area (Å²) in [6.07, 6.45) is 1.44. The number of aryl methyl sites for hydroxylation is 1. The van der Waals surface area contributed by atoms with Crippen LogP contribution in [0, 0.1) is 0 Å². The summed E-state index contributed by atoms with van der Waals surface area (Å²) in [5.74, 6) is 1.24. The summed E-state index contributed by atoms with van der Waals surface area (Å²) in [5.41, 5.74) is 7.86. The van der Waals surface area contributed by atoms with E-state index in [1.165, 1.54) is 6.20 Å². The predicted octanol–water partition coefficient (Wildman–Crippen LogP) is 1.23. The average molecular weight is 566 g/mol. The largest absolute Gasteiger partial charge is 0.497 e. The first kappa shape index (κ1) is 27.3. The van der Waals surface area contributed by atoms with Gasteiger partial charge in [0.2, 0.25) is 0 Å². The van der Waals surface area contributed by atoms with Crippen molar-refractivity contribution in [1.82, 2.24) is 19.9 Å². The quantitative estimate of drug-likeness (QED) is 0.158. The van der Waals surface area contributed by atoms with Crippen molar-refractivity contribution in [2.24, 2.45) is 0 Å². The molecule has 0 aliphatic rings. The van der Waals surface area contributed by atoms with Crippen LogP contribution in [0.2, 0.25) is 0 Å². The maximum Gasteiger partial charge on any atom is 0.293 e. The van der Waals surface area contributed by atoms with Crippen molar-refractivity contribution in [2.45, 2.75) is 26.6 Å². The lowest BCUT2D eigenvalue weighted by Crippen LogP contribution is -2.43. The van der Waals surface area contributed by atoms with Crippen LogP contribution < -0.4 is 20.4 Å². The Bertz CT molecular complexity index is 1190. The lowest BCUT2D eigenvalue weighted by Gasteiger charge is -2.08. The molecule has 3 aromatic rings. The van der Waals surface area contributed by atoms with Gasteiger partial charge in [-0.2, -0.15) is 0 Å². The van der Waals surface area contributed by atoms with E-state index >= 15 is 0 Å². The number of imidazole rings is 1. The molecule has 36 heavy (non-hydrogen) atoms. The summed E-state index contributed by atoms with van der Waals surface area (Å²) in [6, 6.07) is 5.85. The number of nitrogen functional groups attached to an aromatic ring is 1. The molecule has 3 N–H and O–H groups in total. The van der Waals surface area contributed by atoms with Gasteiger partial charge in [-0.15, -0.1) is 0 Å². The van der Waals surface area contributed by atoms with Crippen LogP contribution in [0.25, 0.3) is 11.0 Å². The van der Waals surface area contributed by atoms with Gasteiger partial charge in [-0.25, -0.2) is 19.1 Å². The number of nitrogens with one attached hydrogen (secondary N) is 1. The maximum atomic E-state index is 12.8. The minimum atomic E-state index is -0.426. The molecule has 2 aromatic heterocycles. The lowest BCUT2D eigenvalue weighted by molar-refractivity contribution is -0.681.